The zero-order chi connectivity index (χ0) is 25.2. The van der Waals surface area contributed by atoms with Gasteiger partial charge in [-0.05, 0) is 60.5 Å². The van der Waals surface area contributed by atoms with Gasteiger partial charge in [-0.15, -0.1) is 0 Å². The maximum absolute atomic E-state index is 12.4. The van der Waals surface area contributed by atoms with E-state index in [0.717, 1.165) is 11.1 Å². The lowest BCUT2D eigenvalue weighted by molar-refractivity contribution is -0.136. The molecule has 176 valence electrons. The number of ether oxygens (including phenoxy) is 2. The van der Waals surface area contributed by atoms with Crippen molar-refractivity contribution in [1.29, 1.82) is 5.26 Å². The number of nitriles is 1. The highest BCUT2D eigenvalue weighted by Crippen LogP contribution is 2.28. The number of carbonyl (C=O) groups excluding carboxylic acids is 3. The van der Waals surface area contributed by atoms with E-state index in [1.54, 1.807) is 60.7 Å². The Bertz CT molecular complexity index is 1310. The molecule has 35 heavy (non-hydrogen) atoms. The lowest BCUT2D eigenvalue weighted by Gasteiger charge is -2.10. The van der Waals surface area contributed by atoms with Crippen molar-refractivity contribution < 1.29 is 23.9 Å². The monoisotopic (exact) mass is 470 g/mol. The number of aryl methyl sites for hydroxylation is 1. The molecule has 0 aliphatic rings. The normalized spacial score (nSPS) is 10.3. The molecule has 3 aromatic rings. The van der Waals surface area contributed by atoms with E-state index in [2.05, 4.69) is 15.8 Å². The number of benzene rings is 3. The second-order valence-corrected chi connectivity index (χ2v) is 7.35. The van der Waals surface area contributed by atoms with Crippen LogP contribution < -0.4 is 20.2 Å². The lowest BCUT2D eigenvalue weighted by Crippen LogP contribution is -2.32. The van der Waals surface area contributed by atoms with Crippen molar-refractivity contribution in [2.45, 2.75) is 13.3 Å². The van der Waals surface area contributed by atoms with Crippen molar-refractivity contribution >= 4 is 29.7 Å². The van der Waals surface area contributed by atoms with E-state index in [4.69, 9.17) is 14.7 Å². The Morgan fingerprint density at radius 3 is 2.46 bits per heavy atom. The smallest absolute Gasteiger partial charge is 0.343 e. The third kappa shape index (κ3) is 7.00. The number of amides is 2. The van der Waals surface area contributed by atoms with E-state index in [-0.39, 0.29) is 12.2 Å². The molecule has 0 radical (unpaired) electrons. The predicted molar refractivity (Wildman–Crippen MR) is 129 cm³/mol. The Morgan fingerprint density at radius 2 is 1.77 bits per heavy atom. The van der Waals surface area contributed by atoms with Gasteiger partial charge in [-0.25, -0.2) is 10.2 Å². The molecule has 0 heterocycles. The standard InChI is InChI=1S/C26H22N4O5/c1-17-4-3-5-20(14-17)26(33)35-22-11-8-19(15-23(22)34-2)16-28-30-25(32)24(31)29-21-9-6-18(7-10-21)12-13-27/h3-11,14-16H,12H2,1-2H3,(H,29,31)(H,30,32)/b28-16+. The summed E-state index contributed by atoms with van der Waals surface area (Å²) in [7, 11) is 1.43. The fraction of sp³-hybridized carbons (Fsp3) is 0.115. The molecule has 0 aliphatic heterocycles. The van der Waals surface area contributed by atoms with Crippen LogP contribution in [0.15, 0.2) is 71.8 Å². The highest BCUT2D eigenvalue weighted by Gasteiger charge is 2.14. The predicted octanol–water partition coefficient (Wildman–Crippen LogP) is 3.38. The number of carbonyl (C=O) groups is 3. The van der Waals surface area contributed by atoms with E-state index in [0.29, 0.717) is 22.6 Å². The van der Waals surface area contributed by atoms with Crippen LogP contribution in [0.1, 0.15) is 27.0 Å². The molecule has 0 saturated carbocycles. The zero-order valence-corrected chi connectivity index (χ0v) is 19.1. The molecule has 0 atom stereocenters. The van der Waals surface area contributed by atoms with Crippen molar-refractivity contribution in [3.8, 4) is 17.6 Å². The average Bonchev–Trinajstić information content (AvgIpc) is 2.86. The largest absolute Gasteiger partial charge is 0.493 e. The van der Waals surface area contributed by atoms with Crippen molar-refractivity contribution in [3.05, 3.63) is 89.0 Å². The van der Waals surface area contributed by atoms with Gasteiger partial charge in [0.15, 0.2) is 11.5 Å². The van der Waals surface area contributed by atoms with Crippen LogP contribution in [0.3, 0.4) is 0 Å². The number of hydrogen-bond donors (Lipinski definition) is 2. The molecule has 3 rings (SSSR count). The van der Waals surface area contributed by atoms with Gasteiger partial charge in [0.05, 0.1) is 31.4 Å². The molecular weight excluding hydrogens is 448 g/mol. The van der Waals surface area contributed by atoms with E-state index < -0.39 is 17.8 Å². The van der Waals surface area contributed by atoms with Crippen LogP contribution in [0.4, 0.5) is 5.69 Å². The van der Waals surface area contributed by atoms with Gasteiger partial charge in [0.25, 0.3) is 0 Å². The van der Waals surface area contributed by atoms with Crippen LogP contribution in [0.25, 0.3) is 0 Å². The van der Waals surface area contributed by atoms with Crippen LogP contribution in [-0.2, 0) is 16.0 Å². The summed E-state index contributed by atoms with van der Waals surface area (Å²) in [5.41, 5.74) is 5.23. The molecular formula is C26H22N4O5. The lowest BCUT2D eigenvalue weighted by atomic mass is 10.1. The quantitative estimate of drug-likeness (QED) is 0.179. The number of nitrogens with one attached hydrogen (secondary N) is 2. The molecule has 2 N–H and O–H groups in total. The van der Waals surface area contributed by atoms with E-state index in [1.165, 1.54) is 13.3 Å². The van der Waals surface area contributed by atoms with Crippen LogP contribution in [0, 0.1) is 18.3 Å². The minimum Gasteiger partial charge on any atom is -0.493 e. The molecule has 0 aliphatic carbocycles. The Morgan fingerprint density at radius 1 is 1.00 bits per heavy atom. The average molecular weight is 470 g/mol. The summed E-state index contributed by atoms with van der Waals surface area (Å²) in [6.45, 7) is 1.88. The molecule has 0 saturated heterocycles. The summed E-state index contributed by atoms with van der Waals surface area (Å²) in [5.74, 6) is -1.87. The Kier molecular flexibility index (Phi) is 8.29. The molecule has 0 bridgehead atoms. The number of rotatable bonds is 7. The number of esters is 1. The summed E-state index contributed by atoms with van der Waals surface area (Å²) in [6, 6.07) is 20.3. The molecule has 3 aromatic carbocycles. The fourth-order valence-electron chi connectivity index (χ4n) is 2.98. The highest BCUT2D eigenvalue weighted by atomic mass is 16.6. The van der Waals surface area contributed by atoms with Gasteiger partial charge in [-0.2, -0.15) is 10.4 Å². The van der Waals surface area contributed by atoms with Crippen LogP contribution in [0.5, 0.6) is 11.5 Å². The second kappa shape index (κ2) is 11.8. The van der Waals surface area contributed by atoms with Gasteiger partial charge in [-0.3, -0.25) is 9.59 Å². The first-order valence-corrected chi connectivity index (χ1v) is 10.5. The summed E-state index contributed by atoms with van der Waals surface area (Å²) in [5, 5.41) is 14.9. The summed E-state index contributed by atoms with van der Waals surface area (Å²) < 4.78 is 10.7. The van der Waals surface area contributed by atoms with Gasteiger partial charge in [0, 0.05) is 5.69 Å². The van der Waals surface area contributed by atoms with Crippen molar-refractivity contribution in [2.75, 3.05) is 12.4 Å². The van der Waals surface area contributed by atoms with Crippen LogP contribution in [0.2, 0.25) is 0 Å². The molecule has 2 amide bonds. The van der Waals surface area contributed by atoms with E-state index >= 15 is 0 Å². The number of anilines is 1. The van der Waals surface area contributed by atoms with Gasteiger partial charge in [0.1, 0.15) is 0 Å². The summed E-state index contributed by atoms with van der Waals surface area (Å²) in [4.78, 5) is 36.4. The number of methoxy groups -OCH3 is 1. The molecule has 9 heteroatoms. The van der Waals surface area contributed by atoms with Crippen molar-refractivity contribution in [1.82, 2.24) is 5.43 Å². The molecule has 0 aromatic heterocycles. The number of hydrazone groups is 1. The zero-order valence-electron chi connectivity index (χ0n) is 19.1. The topological polar surface area (TPSA) is 130 Å². The Labute approximate surface area is 202 Å². The summed E-state index contributed by atoms with van der Waals surface area (Å²) >= 11 is 0. The van der Waals surface area contributed by atoms with Crippen LogP contribution in [-0.4, -0.2) is 31.1 Å². The minimum absolute atomic E-state index is 0.223. The Hall–Kier alpha value is -4.97. The van der Waals surface area contributed by atoms with Gasteiger partial charge in [-0.1, -0.05) is 29.8 Å². The third-order valence-electron chi connectivity index (χ3n) is 4.73. The fourth-order valence-corrected chi connectivity index (χ4v) is 2.98. The third-order valence-corrected chi connectivity index (χ3v) is 4.73. The molecule has 0 unspecified atom stereocenters. The van der Waals surface area contributed by atoms with Crippen LogP contribution >= 0.6 is 0 Å². The molecule has 9 nitrogen and oxygen atoms in total. The van der Waals surface area contributed by atoms with Crippen molar-refractivity contribution in [2.24, 2.45) is 5.10 Å². The maximum Gasteiger partial charge on any atom is 0.343 e. The van der Waals surface area contributed by atoms with Gasteiger partial charge in [0.2, 0.25) is 0 Å². The van der Waals surface area contributed by atoms with Crippen molar-refractivity contribution in [3.63, 3.8) is 0 Å². The number of hydrogen-bond acceptors (Lipinski definition) is 7. The maximum atomic E-state index is 12.4. The SMILES string of the molecule is COc1cc(/C=N/NC(=O)C(=O)Nc2ccc(CC#N)cc2)ccc1OC(=O)c1cccc(C)c1. The summed E-state index contributed by atoms with van der Waals surface area (Å²) in [6.07, 6.45) is 1.57. The molecule has 0 spiro atoms. The first-order chi connectivity index (χ1) is 16.9. The van der Waals surface area contributed by atoms with E-state index in [9.17, 15) is 14.4 Å². The minimum atomic E-state index is -0.960. The second-order valence-electron chi connectivity index (χ2n) is 7.35. The molecule has 0 fully saturated rings. The Balaban J connectivity index is 1.58. The van der Waals surface area contributed by atoms with Gasteiger partial charge >= 0.3 is 17.8 Å². The first kappa shape index (κ1) is 24.7. The number of nitrogens with zero attached hydrogens (tertiary/aromatic N) is 2. The van der Waals surface area contributed by atoms with Gasteiger partial charge < -0.3 is 14.8 Å². The highest BCUT2D eigenvalue weighted by molar-refractivity contribution is 6.39. The first-order valence-electron chi connectivity index (χ1n) is 10.5. The van der Waals surface area contributed by atoms with E-state index in [1.807, 2.05) is 19.1 Å².